The van der Waals surface area contributed by atoms with Crippen LogP contribution in [0.5, 0.6) is 0 Å². The Kier molecular flexibility index (Phi) is 13.6. The predicted octanol–water partition coefficient (Wildman–Crippen LogP) is 10.4. The number of fused-ring (bicyclic) bond motifs is 4. The van der Waals surface area contributed by atoms with Crippen LogP contribution in [0.1, 0.15) is 73.6 Å². The molecule has 0 N–H and O–H groups in total. The van der Waals surface area contributed by atoms with Crippen LogP contribution in [0.15, 0.2) is 119 Å². The summed E-state index contributed by atoms with van der Waals surface area (Å²) in [7, 11) is 4.37. The van der Waals surface area contributed by atoms with Crippen LogP contribution in [0.3, 0.4) is 0 Å². The van der Waals surface area contributed by atoms with Gasteiger partial charge in [0.1, 0.15) is 12.2 Å². The zero-order chi connectivity index (χ0) is 37.0. The molecule has 4 aromatic rings. The maximum absolute atomic E-state index is 13.9. The molecule has 8 rings (SSSR count). The first kappa shape index (κ1) is 41.0. The third-order valence-corrected chi connectivity index (χ3v) is 11.9. The first-order chi connectivity index (χ1) is 26.4. The minimum atomic E-state index is -0.327. The van der Waals surface area contributed by atoms with Crippen LogP contribution in [0.2, 0.25) is 0 Å². The van der Waals surface area contributed by atoms with Crippen LogP contribution < -0.4 is 0 Å². The number of piperidine rings is 2. The van der Waals surface area contributed by atoms with E-state index in [-0.39, 0.29) is 49.0 Å². The van der Waals surface area contributed by atoms with Gasteiger partial charge in [-0.05, 0) is 98.4 Å². The third-order valence-electron chi connectivity index (χ3n) is 11.9. The number of benzene rings is 4. The van der Waals surface area contributed by atoms with Crippen molar-refractivity contribution in [1.29, 1.82) is 0 Å². The molecule has 0 saturated carbocycles. The van der Waals surface area contributed by atoms with Crippen LogP contribution in [-0.2, 0) is 19.1 Å². The highest BCUT2D eigenvalue weighted by Crippen LogP contribution is 2.38. The van der Waals surface area contributed by atoms with Gasteiger partial charge in [0.05, 0.1) is 22.5 Å². The van der Waals surface area contributed by atoms with E-state index in [1.54, 1.807) is 0 Å². The van der Waals surface area contributed by atoms with Crippen LogP contribution in [0.25, 0.3) is 23.3 Å². The molecule has 4 saturated heterocycles. The fourth-order valence-electron chi connectivity index (χ4n) is 8.88. The molecule has 4 bridgehead atoms. The number of halogens is 2. The number of carbonyl (C=O) groups excluding carboxylic acids is 2. The first-order valence-electron chi connectivity index (χ1n) is 19.4. The fraction of sp³-hybridized carbons (Fsp3) is 0.348. The highest BCUT2D eigenvalue weighted by molar-refractivity contribution is 6.22. The largest absolute Gasteiger partial charge is 0.459 e. The average molecular weight is 794 g/mol. The minimum absolute atomic E-state index is 0. The molecule has 0 aromatic heterocycles. The molecule has 4 atom stereocenters. The van der Waals surface area contributed by atoms with E-state index in [1.165, 1.54) is 0 Å². The van der Waals surface area contributed by atoms with Gasteiger partial charge in [-0.25, -0.2) is 9.59 Å². The Morgan fingerprint density at radius 3 is 1.25 bits per heavy atom. The van der Waals surface area contributed by atoms with E-state index in [4.69, 9.17) is 9.47 Å². The molecule has 0 spiro atoms. The smallest absolute Gasteiger partial charge is 0.339 e. The summed E-state index contributed by atoms with van der Waals surface area (Å²) in [5, 5.41) is 9.18. The molecule has 4 fully saturated rings. The zero-order valence-corrected chi connectivity index (χ0v) is 33.5. The molecule has 4 unspecified atom stereocenters. The SMILES string of the molecule is CN1C2CCC1CC(OC(=O)/C(=C\c1ccccc1)c1cccc(N=Nc3cccc(/C(=C/c4ccccc4)C(=O)OC4CC5CCC(C4)N5C)c3)c1)C2.Cl.Cl. The van der Waals surface area contributed by atoms with Gasteiger partial charge in [-0.3, -0.25) is 0 Å². The summed E-state index contributed by atoms with van der Waals surface area (Å²) in [5.41, 5.74) is 5.41. The van der Waals surface area contributed by atoms with E-state index in [0.717, 1.165) is 62.5 Å². The Morgan fingerprint density at radius 2 is 0.893 bits per heavy atom. The van der Waals surface area contributed by atoms with Crippen LogP contribution in [0, 0.1) is 0 Å². The van der Waals surface area contributed by atoms with Gasteiger partial charge in [-0.2, -0.15) is 10.2 Å². The number of ether oxygens (including phenoxy) is 2. The van der Waals surface area contributed by atoms with E-state index in [0.29, 0.717) is 57.8 Å². The maximum atomic E-state index is 13.9. The number of hydrogen-bond acceptors (Lipinski definition) is 8. The minimum Gasteiger partial charge on any atom is -0.459 e. The van der Waals surface area contributed by atoms with Crippen molar-refractivity contribution in [2.75, 3.05) is 14.1 Å². The number of nitrogens with zero attached hydrogens (tertiary/aromatic N) is 4. The molecule has 0 aliphatic carbocycles. The summed E-state index contributed by atoms with van der Waals surface area (Å²) in [6, 6.07) is 36.6. The van der Waals surface area contributed by atoms with Crippen molar-refractivity contribution in [2.24, 2.45) is 10.2 Å². The molecule has 4 aromatic carbocycles. The van der Waals surface area contributed by atoms with Crippen LogP contribution in [0.4, 0.5) is 11.4 Å². The van der Waals surface area contributed by atoms with Gasteiger partial charge in [0, 0.05) is 49.9 Å². The van der Waals surface area contributed by atoms with Crippen molar-refractivity contribution in [1.82, 2.24) is 9.80 Å². The molecule has 4 heterocycles. The summed E-state index contributed by atoms with van der Waals surface area (Å²) < 4.78 is 12.4. The van der Waals surface area contributed by atoms with Gasteiger partial charge < -0.3 is 19.3 Å². The molecular formula is C46H50Cl2N4O4. The molecule has 0 radical (unpaired) electrons. The number of hydrogen-bond donors (Lipinski definition) is 0. The van der Waals surface area contributed by atoms with Crippen LogP contribution >= 0.6 is 24.8 Å². The quantitative estimate of drug-likeness (QED) is 0.0688. The average Bonchev–Trinajstić information content (AvgIpc) is 3.50. The van der Waals surface area contributed by atoms with E-state index >= 15 is 0 Å². The van der Waals surface area contributed by atoms with Crippen molar-refractivity contribution in [3.05, 3.63) is 131 Å². The molecule has 292 valence electrons. The molecule has 4 aliphatic rings. The second-order valence-corrected chi connectivity index (χ2v) is 15.3. The Morgan fingerprint density at radius 1 is 0.536 bits per heavy atom. The summed E-state index contributed by atoms with van der Waals surface area (Å²) in [4.78, 5) is 32.7. The Bertz CT molecular complexity index is 1900. The maximum Gasteiger partial charge on any atom is 0.339 e. The van der Waals surface area contributed by atoms with E-state index < -0.39 is 0 Å². The van der Waals surface area contributed by atoms with Crippen molar-refractivity contribution < 1.29 is 19.1 Å². The molecule has 4 aliphatic heterocycles. The normalized spacial score (nSPS) is 25.0. The van der Waals surface area contributed by atoms with Crippen molar-refractivity contribution in [2.45, 2.75) is 87.7 Å². The molecule has 8 nitrogen and oxygen atoms in total. The molecule has 10 heteroatoms. The van der Waals surface area contributed by atoms with Gasteiger partial charge in [-0.15, -0.1) is 24.8 Å². The number of azo groups is 1. The lowest BCUT2D eigenvalue weighted by molar-refractivity contribution is -0.145. The Hall–Kier alpha value is -4.60. The summed E-state index contributed by atoms with van der Waals surface area (Å²) in [5.74, 6) is -0.653. The van der Waals surface area contributed by atoms with Crippen molar-refractivity contribution in [3.63, 3.8) is 0 Å². The molecule has 0 amide bonds. The van der Waals surface area contributed by atoms with E-state index in [1.807, 2.05) is 121 Å². The monoisotopic (exact) mass is 792 g/mol. The lowest BCUT2D eigenvalue weighted by Gasteiger charge is -2.35. The van der Waals surface area contributed by atoms with Gasteiger partial charge in [0.15, 0.2) is 0 Å². The molecule has 56 heavy (non-hydrogen) atoms. The summed E-state index contributed by atoms with van der Waals surface area (Å²) in [6.07, 6.45) is 11.7. The van der Waals surface area contributed by atoms with E-state index in [2.05, 4.69) is 34.1 Å². The Balaban J connectivity index is 0.00000266. The van der Waals surface area contributed by atoms with Gasteiger partial charge in [-0.1, -0.05) is 84.9 Å². The lowest BCUT2D eigenvalue weighted by Crippen LogP contribution is -2.43. The second kappa shape index (κ2) is 18.6. The van der Waals surface area contributed by atoms with E-state index in [9.17, 15) is 9.59 Å². The third kappa shape index (κ3) is 9.49. The van der Waals surface area contributed by atoms with Gasteiger partial charge in [0.2, 0.25) is 0 Å². The number of esters is 2. The molecular weight excluding hydrogens is 743 g/mol. The number of rotatable bonds is 10. The van der Waals surface area contributed by atoms with Crippen molar-refractivity contribution in [3.8, 4) is 0 Å². The zero-order valence-electron chi connectivity index (χ0n) is 31.9. The summed E-state index contributed by atoms with van der Waals surface area (Å²) >= 11 is 0. The van der Waals surface area contributed by atoms with Crippen molar-refractivity contribution >= 4 is 71.4 Å². The summed E-state index contributed by atoms with van der Waals surface area (Å²) in [6.45, 7) is 0. The predicted molar refractivity (Wildman–Crippen MR) is 228 cm³/mol. The second-order valence-electron chi connectivity index (χ2n) is 15.3. The highest BCUT2D eigenvalue weighted by atomic mass is 35.5. The lowest BCUT2D eigenvalue weighted by atomic mass is 9.99. The number of carbonyl (C=O) groups is 2. The fourth-order valence-corrected chi connectivity index (χ4v) is 8.88. The standard InChI is InChI=1S/C46H48N4O4.2ClH/c1-49-37-19-20-38(49)28-41(27-37)53-45(51)43(23-31-11-5-3-6-12-31)33-15-9-17-35(25-33)47-48-36-18-10-16-34(26-36)44(24-32-13-7-4-8-14-32)46(52)54-42-29-39-21-22-40(30-42)50(39)2;;/h3-18,23-26,37-42H,19-22,27-30H2,1-2H3;2*1H/b43-23-,44-24-,48-47?;;. The van der Waals surface area contributed by atoms with Gasteiger partial charge in [0.25, 0.3) is 0 Å². The van der Waals surface area contributed by atoms with Gasteiger partial charge >= 0.3 is 11.9 Å². The highest BCUT2D eigenvalue weighted by Gasteiger charge is 2.41. The first-order valence-corrected chi connectivity index (χ1v) is 19.4. The van der Waals surface area contributed by atoms with Crippen LogP contribution in [-0.4, -0.2) is 72.2 Å². The topological polar surface area (TPSA) is 83.8 Å². The Labute approximate surface area is 342 Å².